The van der Waals surface area contributed by atoms with Gasteiger partial charge in [-0.3, -0.25) is 9.59 Å². The lowest BCUT2D eigenvalue weighted by Gasteiger charge is -2.22. The van der Waals surface area contributed by atoms with Gasteiger partial charge in [0.05, 0.1) is 11.4 Å². The van der Waals surface area contributed by atoms with Gasteiger partial charge < -0.3 is 15.2 Å². The van der Waals surface area contributed by atoms with Crippen LogP contribution in [0.15, 0.2) is 58.0 Å². The summed E-state index contributed by atoms with van der Waals surface area (Å²) in [6, 6.07) is 10.2. The number of rotatable bonds is 10. The minimum Gasteiger partial charge on any atom is -0.387 e. The number of nitrogens with zero attached hydrogens (tertiary/aromatic N) is 3. The van der Waals surface area contributed by atoms with Crippen LogP contribution < -0.4 is 11.3 Å². The van der Waals surface area contributed by atoms with Gasteiger partial charge in [-0.15, -0.1) is 0 Å². The minimum atomic E-state index is -3.10. The van der Waals surface area contributed by atoms with Crippen molar-refractivity contribution < 1.29 is 17.6 Å². The van der Waals surface area contributed by atoms with Gasteiger partial charge in [0.15, 0.2) is 0 Å². The SMILES string of the molecule is CCCN(CCC)C(=O)C1=Cc2c(F)cc(-c3ccc4c(=O)n(CCCS(C)(=O)=O)ccc4c3)cc2N=C(N)C1. The van der Waals surface area contributed by atoms with E-state index in [1.54, 1.807) is 47.5 Å². The van der Waals surface area contributed by atoms with E-state index in [0.29, 0.717) is 59.2 Å². The van der Waals surface area contributed by atoms with Crippen molar-refractivity contribution in [2.24, 2.45) is 10.7 Å². The van der Waals surface area contributed by atoms with E-state index in [1.807, 2.05) is 13.8 Å². The molecule has 0 radical (unpaired) electrons. The zero-order valence-electron chi connectivity index (χ0n) is 23.1. The molecule has 0 bridgehead atoms. The van der Waals surface area contributed by atoms with Gasteiger partial charge in [-0.1, -0.05) is 19.9 Å². The molecular formula is C30H35FN4O4S. The highest BCUT2D eigenvalue weighted by atomic mass is 32.2. The van der Waals surface area contributed by atoms with Gasteiger partial charge in [0.25, 0.3) is 5.56 Å². The second-order valence-corrected chi connectivity index (χ2v) is 12.5. The lowest BCUT2D eigenvalue weighted by molar-refractivity contribution is -0.127. The van der Waals surface area contributed by atoms with E-state index in [1.165, 1.54) is 16.9 Å². The Hall–Kier alpha value is -3.79. The van der Waals surface area contributed by atoms with Crippen LogP contribution in [-0.2, 0) is 21.2 Å². The summed E-state index contributed by atoms with van der Waals surface area (Å²) in [5.74, 6) is -0.434. The van der Waals surface area contributed by atoms with E-state index >= 15 is 4.39 Å². The monoisotopic (exact) mass is 566 g/mol. The van der Waals surface area contributed by atoms with Crippen LogP contribution in [-0.4, -0.2) is 54.7 Å². The summed E-state index contributed by atoms with van der Waals surface area (Å²) >= 11 is 0. The predicted octanol–water partition coefficient (Wildman–Crippen LogP) is 4.67. The van der Waals surface area contributed by atoms with Crippen molar-refractivity contribution in [3.63, 3.8) is 0 Å². The summed E-state index contributed by atoms with van der Waals surface area (Å²) in [5.41, 5.74) is 8.19. The third kappa shape index (κ3) is 6.67. The molecule has 40 heavy (non-hydrogen) atoms. The summed E-state index contributed by atoms with van der Waals surface area (Å²) in [4.78, 5) is 32.4. The lowest BCUT2D eigenvalue weighted by Crippen LogP contribution is -2.34. The zero-order chi connectivity index (χ0) is 29.0. The van der Waals surface area contributed by atoms with Gasteiger partial charge in [0.1, 0.15) is 21.5 Å². The van der Waals surface area contributed by atoms with E-state index in [0.717, 1.165) is 12.8 Å². The van der Waals surface area contributed by atoms with Crippen molar-refractivity contribution in [1.29, 1.82) is 0 Å². The maximum Gasteiger partial charge on any atom is 0.258 e. The third-order valence-corrected chi connectivity index (χ3v) is 7.87. The third-order valence-electron chi connectivity index (χ3n) is 6.84. The number of amides is 1. The quantitative estimate of drug-likeness (QED) is 0.383. The summed E-state index contributed by atoms with van der Waals surface area (Å²) in [7, 11) is -3.10. The summed E-state index contributed by atoms with van der Waals surface area (Å²) in [5, 5.41) is 1.16. The fourth-order valence-electron chi connectivity index (χ4n) is 4.96. The largest absolute Gasteiger partial charge is 0.387 e. The number of aliphatic imine (C=N–C) groups is 1. The van der Waals surface area contributed by atoms with Gasteiger partial charge in [-0.2, -0.15) is 0 Å². The number of aromatic nitrogens is 1. The molecule has 3 aromatic rings. The molecule has 0 atom stereocenters. The highest BCUT2D eigenvalue weighted by Crippen LogP contribution is 2.35. The fourth-order valence-corrected chi connectivity index (χ4v) is 5.61. The molecule has 0 unspecified atom stereocenters. The number of carbonyl (C=O) groups excluding carboxylic acids is 1. The van der Waals surface area contributed by atoms with Crippen LogP contribution in [0.1, 0.15) is 45.1 Å². The molecule has 0 aliphatic carbocycles. The number of pyridine rings is 1. The van der Waals surface area contributed by atoms with Crippen LogP contribution in [0.3, 0.4) is 0 Å². The Morgan fingerprint density at radius 3 is 2.50 bits per heavy atom. The average Bonchev–Trinajstić information content (AvgIpc) is 3.07. The summed E-state index contributed by atoms with van der Waals surface area (Å²) in [6.45, 7) is 5.54. The Bertz CT molecular complexity index is 1670. The van der Waals surface area contributed by atoms with Gasteiger partial charge in [0.2, 0.25) is 5.91 Å². The predicted molar refractivity (Wildman–Crippen MR) is 159 cm³/mol. The average molecular weight is 567 g/mol. The maximum atomic E-state index is 15.5. The van der Waals surface area contributed by atoms with E-state index in [2.05, 4.69) is 4.99 Å². The summed E-state index contributed by atoms with van der Waals surface area (Å²) < 4.78 is 39.8. The Morgan fingerprint density at radius 1 is 1.10 bits per heavy atom. The number of halogens is 1. The van der Waals surface area contributed by atoms with Crippen LogP contribution in [0.25, 0.3) is 28.0 Å². The molecular weight excluding hydrogens is 531 g/mol. The fraction of sp³-hybridized carbons (Fsp3) is 0.367. The number of sulfone groups is 1. The normalized spacial score (nSPS) is 13.4. The number of aryl methyl sites for hydroxylation is 1. The molecule has 0 fully saturated rings. The lowest BCUT2D eigenvalue weighted by atomic mass is 9.98. The second kappa shape index (κ2) is 12.2. The molecule has 2 heterocycles. The molecule has 2 N–H and O–H groups in total. The van der Waals surface area contributed by atoms with Gasteiger partial charge in [0, 0.05) is 55.0 Å². The Morgan fingerprint density at radius 2 is 1.82 bits per heavy atom. The number of hydrogen-bond donors (Lipinski definition) is 1. The molecule has 0 saturated carbocycles. The van der Waals surface area contributed by atoms with E-state index in [9.17, 15) is 18.0 Å². The first-order valence-electron chi connectivity index (χ1n) is 13.5. The van der Waals surface area contributed by atoms with Crippen LogP contribution in [0.5, 0.6) is 0 Å². The van der Waals surface area contributed by atoms with Crippen molar-refractivity contribution in [2.75, 3.05) is 25.1 Å². The number of amidine groups is 1. The molecule has 10 heteroatoms. The Balaban J connectivity index is 1.68. The van der Waals surface area contributed by atoms with Crippen molar-refractivity contribution >= 4 is 44.1 Å². The van der Waals surface area contributed by atoms with Crippen molar-refractivity contribution in [2.45, 2.75) is 46.1 Å². The number of fused-ring (bicyclic) bond motifs is 2. The van der Waals surface area contributed by atoms with Crippen LogP contribution in [0, 0.1) is 5.82 Å². The second-order valence-electron chi connectivity index (χ2n) is 10.2. The number of carbonyl (C=O) groups is 1. The van der Waals surface area contributed by atoms with E-state index in [4.69, 9.17) is 5.73 Å². The number of hydrogen-bond acceptors (Lipinski definition) is 6. The van der Waals surface area contributed by atoms with Gasteiger partial charge >= 0.3 is 0 Å². The van der Waals surface area contributed by atoms with Crippen molar-refractivity contribution in [3.05, 3.63) is 69.9 Å². The molecule has 8 nitrogen and oxygen atoms in total. The highest BCUT2D eigenvalue weighted by Gasteiger charge is 2.23. The van der Waals surface area contributed by atoms with E-state index < -0.39 is 15.7 Å². The van der Waals surface area contributed by atoms with E-state index in [-0.39, 0.29) is 35.0 Å². The molecule has 1 aliphatic rings. The zero-order valence-corrected chi connectivity index (χ0v) is 23.9. The maximum absolute atomic E-state index is 15.5. The molecule has 2 aromatic carbocycles. The summed E-state index contributed by atoms with van der Waals surface area (Å²) in [6.07, 6.45) is 6.50. The molecule has 0 spiro atoms. The first-order valence-corrected chi connectivity index (χ1v) is 15.5. The first kappa shape index (κ1) is 29.2. The highest BCUT2D eigenvalue weighted by molar-refractivity contribution is 7.90. The number of benzene rings is 2. The first-order chi connectivity index (χ1) is 19.0. The Kier molecular flexibility index (Phi) is 8.88. The van der Waals surface area contributed by atoms with Crippen LogP contribution in [0.2, 0.25) is 0 Å². The standard InChI is InChI=1S/C30H35FN4O4S/c1-4-10-34(11-5-2)29(36)23-16-25-26(31)17-22(18-27(25)33-28(32)19-23)20-7-8-24-21(15-20)9-13-35(30(24)37)12-6-14-40(3,38)39/h7-9,13,15-18H,4-6,10-12,14,19H2,1-3H3,(H2,32,33). The molecule has 4 rings (SSSR count). The number of nitrogens with two attached hydrogens (primary N) is 1. The Labute approximate surface area is 233 Å². The molecule has 0 saturated heterocycles. The molecule has 212 valence electrons. The molecule has 1 aromatic heterocycles. The molecule has 1 aliphatic heterocycles. The minimum absolute atomic E-state index is 0.00782. The van der Waals surface area contributed by atoms with Crippen LogP contribution in [0.4, 0.5) is 10.1 Å². The van der Waals surface area contributed by atoms with Crippen molar-refractivity contribution in [1.82, 2.24) is 9.47 Å². The van der Waals surface area contributed by atoms with Crippen molar-refractivity contribution in [3.8, 4) is 11.1 Å². The topological polar surface area (TPSA) is 115 Å². The van der Waals surface area contributed by atoms with Crippen LogP contribution >= 0.6 is 0 Å². The smallest absolute Gasteiger partial charge is 0.258 e. The van der Waals surface area contributed by atoms with Gasteiger partial charge in [-0.25, -0.2) is 17.8 Å². The molecule has 1 amide bonds. The van der Waals surface area contributed by atoms with Gasteiger partial charge in [-0.05, 0) is 72.2 Å².